The van der Waals surface area contributed by atoms with Crippen molar-refractivity contribution in [3.05, 3.63) is 23.9 Å². The lowest BCUT2D eigenvalue weighted by Crippen LogP contribution is -1.73. The van der Waals surface area contributed by atoms with E-state index in [4.69, 9.17) is 8.83 Å². The van der Waals surface area contributed by atoms with Crippen molar-refractivity contribution < 1.29 is 8.83 Å². The molecule has 0 amide bonds. The molecule has 2 aromatic heterocycles. The van der Waals surface area contributed by atoms with Gasteiger partial charge in [-0.2, -0.15) is 0 Å². The third-order valence-corrected chi connectivity index (χ3v) is 2.13. The minimum Gasteiger partial charge on any atom is -0.441 e. The molecular weight excluding hydrogens is 180 g/mol. The molecule has 3 aromatic rings. The van der Waals surface area contributed by atoms with Crippen LogP contribution in [0.5, 0.6) is 0 Å². The van der Waals surface area contributed by atoms with Crippen LogP contribution in [0.3, 0.4) is 0 Å². The first-order valence-corrected chi connectivity index (χ1v) is 4.37. The lowest BCUT2D eigenvalue weighted by atomic mass is 10.3. The lowest BCUT2D eigenvalue weighted by Gasteiger charge is -1.85. The fraction of sp³-hybridized carbons (Fsp3) is 0.200. The Kier molecular flexibility index (Phi) is 1.27. The van der Waals surface area contributed by atoms with Gasteiger partial charge in [0.1, 0.15) is 11.0 Å². The highest BCUT2D eigenvalue weighted by molar-refractivity contribution is 5.98. The summed E-state index contributed by atoms with van der Waals surface area (Å²) in [6.07, 6.45) is 0. The van der Waals surface area contributed by atoms with E-state index in [1.54, 1.807) is 0 Å². The van der Waals surface area contributed by atoms with E-state index in [1.165, 1.54) is 0 Å². The monoisotopic (exact) mass is 188 g/mol. The van der Waals surface area contributed by atoms with Gasteiger partial charge in [0.25, 0.3) is 0 Å². The summed E-state index contributed by atoms with van der Waals surface area (Å²) in [5.74, 6) is 1.29. The van der Waals surface area contributed by atoms with Crippen molar-refractivity contribution in [3.63, 3.8) is 0 Å². The van der Waals surface area contributed by atoms with Crippen LogP contribution < -0.4 is 0 Å². The standard InChI is InChI=1S/C10H8N2O2/c1-5-11-9-7(13-5)3-4-8-10(9)12-6(2)14-8/h3-4H,1-2H3. The van der Waals surface area contributed by atoms with Gasteiger partial charge in [-0.1, -0.05) is 0 Å². The second kappa shape index (κ2) is 2.35. The molecule has 0 N–H and O–H groups in total. The predicted octanol–water partition coefficient (Wildman–Crippen LogP) is 2.59. The largest absolute Gasteiger partial charge is 0.441 e. The van der Waals surface area contributed by atoms with Crippen molar-refractivity contribution in [2.24, 2.45) is 0 Å². The molecule has 3 rings (SSSR count). The summed E-state index contributed by atoms with van der Waals surface area (Å²) in [6.45, 7) is 3.64. The Balaban J connectivity index is 2.58. The third kappa shape index (κ3) is 0.878. The van der Waals surface area contributed by atoms with Crippen LogP contribution in [-0.2, 0) is 0 Å². The Morgan fingerprint density at radius 1 is 0.857 bits per heavy atom. The zero-order chi connectivity index (χ0) is 9.71. The molecule has 0 aliphatic carbocycles. The van der Waals surface area contributed by atoms with Gasteiger partial charge in [-0.25, -0.2) is 9.97 Å². The maximum atomic E-state index is 5.39. The van der Waals surface area contributed by atoms with Crippen LogP contribution in [0.1, 0.15) is 11.8 Å². The number of hydrogen-bond acceptors (Lipinski definition) is 4. The van der Waals surface area contributed by atoms with Crippen molar-refractivity contribution in [2.45, 2.75) is 13.8 Å². The van der Waals surface area contributed by atoms with Gasteiger partial charge in [-0.15, -0.1) is 0 Å². The van der Waals surface area contributed by atoms with Gasteiger partial charge in [0.05, 0.1) is 0 Å². The summed E-state index contributed by atoms with van der Waals surface area (Å²) in [4.78, 5) is 8.53. The first-order valence-electron chi connectivity index (χ1n) is 4.37. The number of rotatable bonds is 0. The van der Waals surface area contributed by atoms with E-state index in [0.717, 1.165) is 22.2 Å². The van der Waals surface area contributed by atoms with Gasteiger partial charge in [-0.3, -0.25) is 0 Å². The first-order chi connectivity index (χ1) is 6.74. The van der Waals surface area contributed by atoms with Gasteiger partial charge in [0, 0.05) is 13.8 Å². The molecule has 14 heavy (non-hydrogen) atoms. The van der Waals surface area contributed by atoms with Gasteiger partial charge >= 0.3 is 0 Å². The lowest BCUT2D eigenvalue weighted by molar-refractivity contribution is 0.557. The number of aryl methyl sites for hydroxylation is 2. The van der Waals surface area contributed by atoms with E-state index < -0.39 is 0 Å². The predicted molar refractivity (Wildman–Crippen MR) is 51.1 cm³/mol. The third-order valence-electron chi connectivity index (χ3n) is 2.13. The Hall–Kier alpha value is -1.84. The molecule has 0 atom stereocenters. The Morgan fingerprint density at radius 3 is 1.71 bits per heavy atom. The second-order valence-electron chi connectivity index (χ2n) is 3.22. The summed E-state index contributed by atoms with van der Waals surface area (Å²) in [5, 5.41) is 0. The van der Waals surface area contributed by atoms with E-state index in [1.807, 2.05) is 26.0 Å². The van der Waals surface area contributed by atoms with E-state index in [9.17, 15) is 0 Å². The van der Waals surface area contributed by atoms with Gasteiger partial charge in [-0.05, 0) is 12.1 Å². The van der Waals surface area contributed by atoms with Crippen LogP contribution >= 0.6 is 0 Å². The molecule has 0 spiro atoms. The SMILES string of the molecule is Cc1nc2c(ccc3oc(C)nc32)o1. The van der Waals surface area contributed by atoms with Crippen LogP contribution in [0, 0.1) is 13.8 Å². The van der Waals surface area contributed by atoms with Gasteiger partial charge in [0.2, 0.25) is 0 Å². The minimum absolute atomic E-state index is 0.646. The number of nitrogens with zero attached hydrogens (tertiary/aromatic N) is 2. The highest BCUT2D eigenvalue weighted by Gasteiger charge is 2.10. The number of fused-ring (bicyclic) bond motifs is 3. The number of hydrogen-bond donors (Lipinski definition) is 0. The van der Waals surface area contributed by atoms with Crippen molar-refractivity contribution >= 4 is 22.2 Å². The molecule has 2 heterocycles. The number of aromatic nitrogens is 2. The normalized spacial score (nSPS) is 11.6. The molecule has 4 heteroatoms. The average Bonchev–Trinajstić information content (AvgIpc) is 2.65. The average molecular weight is 188 g/mol. The molecule has 1 aromatic carbocycles. The molecule has 0 bridgehead atoms. The van der Waals surface area contributed by atoms with Crippen molar-refractivity contribution in [1.82, 2.24) is 9.97 Å². The molecular formula is C10H8N2O2. The molecule has 0 aliphatic heterocycles. The molecule has 0 fully saturated rings. The second-order valence-corrected chi connectivity index (χ2v) is 3.22. The van der Waals surface area contributed by atoms with Crippen LogP contribution in [0.4, 0.5) is 0 Å². The maximum Gasteiger partial charge on any atom is 0.192 e. The van der Waals surface area contributed by atoms with Crippen LogP contribution in [0.15, 0.2) is 21.0 Å². The zero-order valence-corrected chi connectivity index (χ0v) is 7.87. The summed E-state index contributed by atoms with van der Waals surface area (Å²) in [5.41, 5.74) is 3.06. The van der Waals surface area contributed by atoms with Crippen molar-refractivity contribution in [3.8, 4) is 0 Å². The fourth-order valence-corrected chi connectivity index (χ4v) is 1.60. The van der Waals surface area contributed by atoms with Gasteiger partial charge in [0.15, 0.2) is 22.9 Å². The fourth-order valence-electron chi connectivity index (χ4n) is 1.60. The van der Waals surface area contributed by atoms with Crippen molar-refractivity contribution in [2.75, 3.05) is 0 Å². The first kappa shape index (κ1) is 7.55. The highest BCUT2D eigenvalue weighted by atomic mass is 16.4. The molecule has 0 radical (unpaired) electrons. The number of benzene rings is 1. The van der Waals surface area contributed by atoms with E-state index >= 15 is 0 Å². The van der Waals surface area contributed by atoms with Crippen LogP contribution in [0.25, 0.3) is 22.2 Å². The molecule has 4 nitrogen and oxygen atoms in total. The van der Waals surface area contributed by atoms with E-state index in [0.29, 0.717) is 11.8 Å². The molecule has 0 saturated carbocycles. The van der Waals surface area contributed by atoms with Gasteiger partial charge < -0.3 is 8.83 Å². The summed E-state index contributed by atoms with van der Waals surface area (Å²) >= 11 is 0. The van der Waals surface area contributed by atoms with Crippen molar-refractivity contribution in [1.29, 1.82) is 0 Å². The quantitative estimate of drug-likeness (QED) is 0.544. The van der Waals surface area contributed by atoms with Crippen LogP contribution in [-0.4, -0.2) is 9.97 Å². The van der Waals surface area contributed by atoms with E-state index in [-0.39, 0.29) is 0 Å². The minimum atomic E-state index is 0.646. The van der Waals surface area contributed by atoms with Crippen LogP contribution in [0.2, 0.25) is 0 Å². The molecule has 0 aliphatic rings. The topological polar surface area (TPSA) is 52.1 Å². The van der Waals surface area contributed by atoms with E-state index in [2.05, 4.69) is 9.97 Å². The Labute approximate surface area is 79.6 Å². The highest BCUT2D eigenvalue weighted by Crippen LogP contribution is 2.25. The maximum absolute atomic E-state index is 5.39. The summed E-state index contributed by atoms with van der Waals surface area (Å²) < 4.78 is 10.8. The number of oxazole rings is 2. The zero-order valence-electron chi connectivity index (χ0n) is 7.87. The summed E-state index contributed by atoms with van der Waals surface area (Å²) in [6, 6.07) is 3.70. The Bertz CT molecular complexity index is 566. The molecule has 70 valence electrons. The summed E-state index contributed by atoms with van der Waals surface area (Å²) in [7, 11) is 0. The molecule has 0 saturated heterocycles. The Morgan fingerprint density at radius 2 is 1.29 bits per heavy atom. The smallest absolute Gasteiger partial charge is 0.192 e. The molecule has 0 unspecified atom stereocenters.